The number of aromatic nitrogens is 1. The van der Waals surface area contributed by atoms with E-state index < -0.39 is 5.54 Å². The average Bonchev–Trinajstić information content (AvgIpc) is 2.74. The van der Waals surface area contributed by atoms with E-state index in [0.29, 0.717) is 30.1 Å². The average molecular weight is 307 g/mol. The van der Waals surface area contributed by atoms with Crippen molar-refractivity contribution in [1.29, 1.82) is 0 Å². The maximum atomic E-state index is 12.7. The highest BCUT2D eigenvalue weighted by atomic mass is 16.2. The van der Waals surface area contributed by atoms with Crippen molar-refractivity contribution in [2.24, 2.45) is 11.7 Å². The Hall–Kier alpha value is -1.62. The number of H-pyrrole nitrogens is 1. The number of aryl methyl sites for hydroxylation is 1. The zero-order chi connectivity index (χ0) is 17.1. The Kier molecular flexibility index (Phi) is 5.94. The van der Waals surface area contributed by atoms with E-state index in [4.69, 9.17) is 5.73 Å². The Morgan fingerprint density at radius 3 is 2.36 bits per heavy atom. The van der Waals surface area contributed by atoms with Crippen molar-refractivity contribution in [2.45, 2.75) is 59.9 Å². The summed E-state index contributed by atoms with van der Waals surface area (Å²) in [5.41, 5.74) is 8.04. The van der Waals surface area contributed by atoms with E-state index in [0.717, 1.165) is 17.7 Å². The number of ketones is 1. The summed E-state index contributed by atoms with van der Waals surface area (Å²) in [6.07, 6.45) is 1.43. The van der Waals surface area contributed by atoms with Gasteiger partial charge in [0.1, 0.15) is 5.69 Å². The number of carbonyl (C=O) groups excluding carboxylic acids is 2. The maximum Gasteiger partial charge on any atom is 0.268 e. The molecule has 5 heteroatoms. The second kappa shape index (κ2) is 7.09. The van der Waals surface area contributed by atoms with Gasteiger partial charge in [0.25, 0.3) is 5.91 Å². The Morgan fingerprint density at radius 1 is 1.36 bits per heavy atom. The molecule has 0 saturated carbocycles. The first kappa shape index (κ1) is 18.4. The van der Waals surface area contributed by atoms with Gasteiger partial charge in [0.2, 0.25) is 0 Å². The van der Waals surface area contributed by atoms with Crippen LogP contribution >= 0.6 is 0 Å². The number of rotatable bonds is 7. The van der Waals surface area contributed by atoms with Crippen molar-refractivity contribution in [3.63, 3.8) is 0 Å². The lowest BCUT2D eigenvalue weighted by Gasteiger charge is -2.31. The SMILES string of the molecule is CCc1c(C(=O)NC(C)(CN)CC(C)C)[nH]c(C)c1C(C)=O. The van der Waals surface area contributed by atoms with Crippen LogP contribution in [-0.2, 0) is 6.42 Å². The fourth-order valence-electron chi connectivity index (χ4n) is 3.12. The van der Waals surface area contributed by atoms with Gasteiger partial charge in [-0.3, -0.25) is 9.59 Å². The largest absolute Gasteiger partial charge is 0.354 e. The number of nitrogens with one attached hydrogen (secondary N) is 2. The molecule has 0 radical (unpaired) electrons. The quantitative estimate of drug-likeness (QED) is 0.676. The minimum Gasteiger partial charge on any atom is -0.354 e. The van der Waals surface area contributed by atoms with Crippen molar-refractivity contribution in [2.75, 3.05) is 6.54 Å². The van der Waals surface area contributed by atoms with Gasteiger partial charge in [0.05, 0.1) is 5.54 Å². The fraction of sp³-hybridized carbons (Fsp3) is 0.647. The van der Waals surface area contributed by atoms with E-state index in [-0.39, 0.29) is 11.7 Å². The first-order chi connectivity index (χ1) is 10.1. The predicted molar refractivity (Wildman–Crippen MR) is 89.3 cm³/mol. The van der Waals surface area contributed by atoms with Gasteiger partial charge in [-0.2, -0.15) is 0 Å². The maximum absolute atomic E-state index is 12.7. The highest BCUT2D eigenvalue weighted by molar-refractivity contribution is 6.02. The molecule has 0 fully saturated rings. The lowest BCUT2D eigenvalue weighted by Crippen LogP contribution is -2.52. The number of amides is 1. The summed E-state index contributed by atoms with van der Waals surface area (Å²) in [7, 11) is 0. The van der Waals surface area contributed by atoms with E-state index in [2.05, 4.69) is 24.1 Å². The van der Waals surface area contributed by atoms with Gasteiger partial charge >= 0.3 is 0 Å². The molecule has 0 aromatic carbocycles. The summed E-state index contributed by atoms with van der Waals surface area (Å²) in [5.74, 6) is 0.215. The predicted octanol–water partition coefficient (Wildman–Crippen LogP) is 2.58. The first-order valence-corrected chi connectivity index (χ1v) is 7.90. The normalized spacial score (nSPS) is 14.0. The van der Waals surface area contributed by atoms with Gasteiger partial charge in [-0.25, -0.2) is 0 Å². The van der Waals surface area contributed by atoms with E-state index in [1.807, 2.05) is 20.8 Å². The lowest BCUT2D eigenvalue weighted by atomic mass is 9.90. The molecular weight excluding hydrogens is 278 g/mol. The molecule has 22 heavy (non-hydrogen) atoms. The molecular formula is C17H29N3O2. The van der Waals surface area contributed by atoms with Crippen molar-refractivity contribution in [1.82, 2.24) is 10.3 Å². The molecule has 1 rings (SSSR count). The molecule has 1 aromatic rings. The van der Waals surface area contributed by atoms with E-state index in [9.17, 15) is 9.59 Å². The van der Waals surface area contributed by atoms with Crippen LogP contribution in [0.25, 0.3) is 0 Å². The molecule has 5 nitrogen and oxygen atoms in total. The van der Waals surface area contributed by atoms with Crippen LogP contribution in [0.2, 0.25) is 0 Å². The third kappa shape index (κ3) is 3.97. The van der Waals surface area contributed by atoms with Crippen LogP contribution in [0.3, 0.4) is 0 Å². The summed E-state index contributed by atoms with van der Waals surface area (Å²) < 4.78 is 0. The molecule has 1 unspecified atom stereocenters. The number of hydrogen-bond donors (Lipinski definition) is 3. The van der Waals surface area contributed by atoms with Crippen LogP contribution in [-0.4, -0.2) is 28.8 Å². The van der Waals surface area contributed by atoms with Crippen LogP contribution in [0, 0.1) is 12.8 Å². The van der Waals surface area contributed by atoms with Gasteiger partial charge in [0.15, 0.2) is 5.78 Å². The van der Waals surface area contributed by atoms with Crippen molar-refractivity contribution in [3.05, 3.63) is 22.5 Å². The molecule has 1 amide bonds. The summed E-state index contributed by atoms with van der Waals surface area (Å²) in [4.78, 5) is 27.5. The van der Waals surface area contributed by atoms with Crippen LogP contribution in [0.15, 0.2) is 0 Å². The Morgan fingerprint density at radius 2 is 1.95 bits per heavy atom. The molecule has 0 aliphatic rings. The summed E-state index contributed by atoms with van der Waals surface area (Å²) >= 11 is 0. The van der Waals surface area contributed by atoms with E-state index >= 15 is 0 Å². The van der Waals surface area contributed by atoms with Crippen LogP contribution < -0.4 is 11.1 Å². The second-order valence-corrected chi connectivity index (χ2v) is 6.71. The molecule has 0 saturated heterocycles. The van der Waals surface area contributed by atoms with Gasteiger partial charge in [-0.15, -0.1) is 0 Å². The van der Waals surface area contributed by atoms with Crippen LogP contribution in [0.4, 0.5) is 0 Å². The van der Waals surface area contributed by atoms with Gasteiger partial charge in [-0.05, 0) is 45.1 Å². The highest BCUT2D eigenvalue weighted by Crippen LogP contribution is 2.22. The second-order valence-electron chi connectivity index (χ2n) is 6.71. The molecule has 0 spiro atoms. The topological polar surface area (TPSA) is 88.0 Å². The Balaban J connectivity index is 3.13. The first-order valence-electron chi connectivity index (χ1n) is 7.90. The third-order valence-corrected chi connectivity index (χ3v) is 3.95. The highest BCUT2D eigenvalue weighted by Gasteiger charge is 2.29. The van der Waals surface area contributed by atoms with Gasteiger partial charge in [0, 0.05) is 17.8 Å². The number of carbonyl (C=O) groups is 2. The smallest absolute Gasteiger partial charge is 0.268 e. The molecule has 1 atom stereocenters. The Bertz CT molecular complexity index is 560. The fourth-order valence-corrected chi connectivity index (χ4v) is 3.12. The zero-order valence-electron chi connectivity index (χ0n) is 14.6. The molecule has 1 heterocycles. The number of hydrogen-bond acceptors (Lipinski definition) is 3. The number of Topliss-reactive ketones (excluding diaryl/α,β-unsaturated/α-hetero) is 1. The van der Waals surface area contributed by atoms with E-state index in [1.165, 1.54) is 6.92 Å². The summed E-state index contributed by atoms with van der Waals surface area (Å²) in [5, 5.41) is 3.04. The van der Waals surface area contributed by atoms with Crippen molar-refractivity contribution in [3.8, 4) is 0 Å². The van der Waals surface area contributed by atoms with Crippen molar-refractivity contribution >= 4 is 11.7 Å². The molecule has 1 aromatic heterocycles. The molecule has 4 N–H and O–H groups in total. The van der Waals surface area contributed by atoms with Gasteiger partial charge in [-0.1, -0.05) is 20.8 Å². The van der Waals surface area contributed by atoms with Crippen LogP contribution in [0.1, 0.15) is 73.1 Å². The molecule has 0 bridgehead atoms. The summed E-state index contributed by atoms with van der Waals surface area (Å²) in [6, 6.07) is 0. The standard InChI is InChI=1S/C17H29N3O2/c1-7-13-14(12(5)21)11(4)19-15(13)16(22)20-17(6,9-18)8-10(2)3/h10,19H,7-9,18H2,1-6H3,(H,20,22). The third-order valence-electron chi connectivity index (χ3n) is 3.95. The van der Waals surface area contributed by atoms with E-state index in [1.54, 1.807) is 0 Å². The summed E-state index contributed by atoms with van der Waals surface area (Å²) in [6.45, 7) is 11.8. The molecule has 124 valence electrons. The number of nitrogens with two attached hydrogens (primary N) is 1. The zero-order valence-corrected chi connectivity index (χ0v) is 14.6. The lowest BCUT2D eigenvalue weighted by molar-refractivity contribution is 0.0892. The minimum atomic E-state index is -0.453. The number of aromatic amines is 1. The van der Waals surface area contributed by atoms with Gasteiger partial charge < -0.3 is 16.0 Å². The minimum absolute atomic E-state index is 0.0200. The van der Waals surface area contributed by atoms with Crippen LogP contribution in [0.5, 0.6) is 0 Å². The monoisotopic (exact) mass is 307 g/mol. The molecule has 0 aliphatic carbocycles. The molecule has 0 aliphatic heterocycles. The Labute approximate surface area is 133 Å². The van der Waals surface area contributed by atoms with Crippen molar-refractivity contribution < 1.29 is 9.59 Å².